The van der Waals surface area contributed by atoms with Gasteiger partial charge >= 0.3 is 0 Å². The zero-order valence-electron chi connectivity index (χ0n) is 9.74. The van der Waals surface area contributed by atoms with Crippen LogP contribution < -0.4 is 10.1 Å². The second-order valence-electron chi connectivity index (χ2n) is 3.51. The standard InChI is InChI=1S/C12H12Br2N2OS/c1-2-17-11-9(13)5-8(6-10(11)14)7-16-12-15-3-4-18-12/h3-6H,2,7H2,1H3,(H,15,16). The molecular formula is C12H12Br2N2OS. The molecule has 0 fully saturated rings. The van der Waals surface area contributed by atoms with Gasteiger partial charge in [-0.05, 0) is 56.5 Å². The number of hydrogen-bond donors (Lipinski definition) is 1. The van der Waals surface area contributed by atoms with Gasteiger partial charge in [0, 0.05) is 18.1 Å². The Morgan fingerprint density at radius 2 is 2.06 bits per heavy atom. The minimum Gasteiger partial charge on any atom is -0.492 e. The number of nitrogens with zero attached hydrogens (tertiary/aromatic N) is 1. The van der Waals surface area contributed by atoms with E-state index in [9.17, 15) is 0 Å². The van der Waals surface area contributed by atoms with Gasteiger partial charge in [-0.15, -0.1) is 11.3 Å². The molecule has 0 saturated heterocycles. The molecule has 0 saturated carbocycles. The molecule has 0 aliphatic carbocycles. The van der Waals surface area contributed by atoms with Crippen molar-refractivity contribution in [2.24, 2.45) is 0 Å². The zero-order chi connectivity index (χ0) is 13.0. The van der Waals surface area contributed by atoms with Gasteiger partial charge in [0.1, 0.15) is 5.75 Å². The fourth-order valence-electron chi connectivity index (χ4n) is 1.49. The molecule has 1 aromatic heterocycles. The molecule has 0 bridgehead atoms. The van der Waals surface area contributed by atoms with Crippen LogP contribution in [-0.4, -0.2) is 11.6 Å². The van der Waals surface area contributed by atoms with Crippen molar-refractivity contribution in [1.29, 1.82) is 0 Å². The van der Waals surface area contributed by atoms with E-state index in [1.807, 2.05) is 12.3 Å². The minimum atomic E-state index is 0.647. The van der Waals surface area contributed by atoms with Gasteiger partial charge in [0.25, 0.3) is 0 Å². The Balaban J connectivity index is 2.10. The molecule has 18 heavy (non-hydrogen) atoms. The van der Waals surface area contributed by atoms with Crippen LogP contribution in [0.2, 0.25) is 0 Å². The summed E-state index contributed by atoms with van der Waals surface area (Å²) in [6.07, 6.45) is 1.79. The highest BCUT2D eigenvalue weighted by atomic mass is 79.9. The maximum absolute atomic E-state index is 5.55. The van der Waals surface area contributed by atoms with Crippen molar-refractivity contribution in [3.05, 3.63) is 38.2 Å². The van der Waals surface area contributed by atoms with E-state index in [1.165, 1.54) is 0 Å². The first-order valence-electron chi connectivity index (χ1n) is 5.44. The predicted molar refractivity (Wildman–Crippen MR) is 82.5 cm³/mol. The van der Waals surface area contributed by atoms with E-state index in [0.29, 0.717) is 6.61 Å². The van der Waals surface area contributed by atoms with Crippen LogP contribution in [-0.2, 0) is 6.54 Å². The number of benzene rings is 1. The van der Waals surface area contributed by atoms with Crippen molar-refractivity contribution in [3.63, 3.8) is 0 Å². The Labute approximate surface area is 127 Å². The molecule has 2 rings (SSSR count). The van der Waals surface area contributed by atoms with Gasteiger partial charge in [-0.1, -0.05) is 0 Å². The normalized spacial score (nSPS) is 10.4. The molecule has 0 aliphatic rings. The lowest BCUT2D eigenvalue weighted by molar-refractivity contribution is 0.336. The van der Waals surface area contributed by atoms with Gasteiger partial charge in [-0.2, -0.15) is 0 Å². The number of aromatic nitrogens is 1. The first-order chi connectivity index (χ1) is 8.70. The molecule has 96 valence electrons. The molecule has 1 heterocycles. The molecule has 0 aliphatic heterocycles. The Hall–Kier alpha value is -0.590. The monoisotopic (exact) mass is 390 g/mol. The summed E-state index contributed by atoms with van der Waals surface area (Å²) >= 11 is 8.64. The number of rotatable bonds is 5. The fraction of sp³-hybridized carbons (Fsp3) is 0.250. The average molecular weight is 392 g/mol. The molecule has 0 amide bonds. The number of thiazole rings is 1. The number of halogens is 2. The molecule has 2 aromatic rings. The third-order valence-electron chi connectivity index (χ3n) is 2.22. The average Bonchev–Trinajstić information content (AvgIpc) is 2.84. The topological polar surface area (TPSA) is 34.1 Å². The Kier molecular flexibility index (Phi) is 5.03. The summed E-state index contributed by atoms with van der Waals surface area (Å²) in [6.45, 7) is 3.35. The van der Waals surface area contributed by atoms with Crippen molar-refractivity contribution in [2.75, 3.05) is 11.9 Å². The number of ether oxygens (including phenoxy) is 1. The van der Waals surface area contributed by atoms with E-state index >= 15 is 0 Å². The zero-order valence-corrected chi connectivity index (χ0v) is 13.7. The van der Waals surface area contributed by atoms with Crippen LogP contribution in [0, 0.1) is 0 Å². The van der Waals surface area contributed by atoms with E-state index in [2.05, 4.69) is 54.3 Å². The Bertz CT molecular complexity index is 494. The molecule has 0 atom stereocenters. The van der Waals surface area contributed by atoms with E-state index in [0.717, 1.165) is 31.9 Å². The van der Waals surface area contributed by atoms with Crippen molar-refractivity contribution in [3.8, 4) is 5.75 Å². The smallest absolute Gasteiger partial charge is 0.182 e. The van der Waals surface area contributed by atoms with Gasteiger partial charge < -0.3 is 10.1 Å². The summed E-state index contributed by atoms with van der Waals surface area (Å²) in [7, 11) is 0. The molecule has 1 aromatic carbocycles. The largest absolute Gasteiger partial charge is 0.492 e. The van der Waals surface area contributed by atoms with Crippen molar-refractivity contribution in [2.45, 2.75) is 13.5 Å². The SMILES string of the molecule is CCOc1c(Br)cc(CNc2nccs2)cc1Br. The first kappa shape index (κ1) is 13.8. The number of hydrogen-bond acceptors (Lipinski definition) is 4. The summed E-state index contributed by atoms with van der Waals surface area (Å²) in [6, 6.07) is 4.10. The second-order valence-corrected chi connectivity index (χ2v) is 6.12. The van der Waals surface area contributed by atoms with Crippen LogP contribution in [0.5, 0.6) is 5.75 Å². The Morgan fingerprint density at radius 1 is 1.33 bits per heavy atom. The molecule has 0 spiro atoms. The van der Waals surface area contributed by atoms with Crippen LogP contribution in [0.3, 0.4) is 0 Å². The summed E-state index contributed by atoms with van der Waals surface area (Å²) in [5, 5.41) is 6.15. The quantitative estimate of drug-likeness (QED) is 0.803. The van der Waals surface area contributed by atoms with Gasteiger partial charge in [0.2, 0.25) is 0 Å². The van der Waals surface area contributed by atoms with E-state index in [-0.39, 0.29) is 0 Å². The molecule has 1 N–H and O–H groups in total. The summed E-state index contributed by atoms with van der Waals surface area (Å²) in [4.78, 5) is 4.18. The lowest BCUT2D eigenvalue weighted by Crippen LogP contribution is -2.00. The van der Waals surface area contributed by atoms with Gasteiger partial charge in [0.05, 0.1) is 15.6 Å². The summed E-state index contributed by atoms with van der Waals surface area (Å²) < 4.78 is 7.46. The molecule has 0 unspecified atom stereocenters. The maximum atomic E-state index is 5.55. The highest BCUT2D eigenvalue weighted by molar-refractivity contribution is 9.11. The van der Waals surface area contributed by atoms with Gasteiger partial charge in [-0.25, -0.2) is 4.98 Å². The number of anilines is 1. The van der Waals surface area contributed by atoms with Crippen molar-refractivity contribution in [1.82, 2.24) is 4.98 Å². The van der Waals surface area contributed by atoms with E-state index < -0.39 is 0 Å². The lowest BCUT2D eigenvalue weighted by Gasteiger charge is -2.11. The molecule has 6 heteroatoms. The summed E-state index contributed by atoms with van der Waals surface area (Å²) in [5.41, 5.74) is 1.16. The molecule has 0 radical (unpaired) electrons. The molecule has 3 nitrogen and oxygen atoms in total. The van der Waals surface area contributed by atoms with Gasteiger partial charge in [0.15, 0.2) is 5.13 Å². The van der Waals surface area contributed by atoms with Crippen LogP contribution in [0.25, 0.3) is 0 Å². The summed E-state index contributed by atoms with van der Waals surface area (Å²) in [5.74, 6) is 0.843. The van der Waals surface area contributed by atoms with Crippen molar-refractivity contribution >= 4 is 48.3 Å². The van der Waals surface area contributed by atoms with E-state index in [4.69, 9.17) is 4.74 Å². The van der Waals surface area contributed by atoms with Crippen LogP contribution in [0.1, 0.15) is 12.5 Å². The highest BCUT2D eigenvalue weighted by Gasteiger charge is 2.08. The lowest BCUT2D eigenvalue weighted by atomic mass is 10.2. The molecular weight excluding hydrogens is 380 g/mol. The maximum Gasteiger partial charge on any atom is 0.182 e. The van der Waals surface area contributed by atoms with Gasteiger partial charge in [-0.3, -0.25) is 0 Å². The van der Waals surface area contributed by atoms with Crippen LogP contribution in [0.15, 0.2) is 32.7 Å². The van der Waals surface area contributed by atoms with Crippen LogP contribution in [0.4, 0.5) is 5.13 Å². The number of nitrogens with one attached hydrogen (secondary N) is 1. The third-order valence-corrected chi connectivity index (χ3v) is 4.13. The second kappa shape index (κ2) is 6.54. The fourth-order valence-corrected chi connectivity index (χ4v) is 3.52. The van der Waals surface area contributed by atoms with Crippen molar-refractivity contribution < 1.29 is 4.74 Å². The highest BCUT2D eigenvalue weighted by Crippen LogP contribution is 2.35. The Morgan fingerprint density at radius 3 is 2.61 bits per heavy atom. The third kappa shape index (κ3) is 3.46. The predicted octanol–water partition coefficient (Wildman–Crippen LogP) is 4.68. The van der Waals surface area contributed by atoms with E-state index in [1.54, 1.807) is 17.5 Å². The first-order valence-corrected chi connectivity index (χ1v) is 7.91. The van der Waals surface area contributed by atoms with Crippen LogP contribution >= 0.6 is 43.2 Å². The minimum absolute atomic E-state index is 0.647.